The summed E-state index contributed by atoms with van der Waals surface area (Å²) in [5.74, 6) is 1.56. The third-order valence-electron chi connectivity index (χ3n) is 3.05. The van der Waals surface area contributed by atoms with Crippen LogP contribution in [0.3, 0.4) is 0 Å². The van der Waals surface area contributed by atoms with Gasteiger partial charge in [-0.3, -0.25) is 0 Å². The van der Waals surface area contributed by atoms with Gasteiger partial charge in [-0.25, -0.2) is 0 Å². The number of para-hydroxylation sites is 1. The minimum atomic E-state index is -0.208. The van der Waals surface area contributed by atoms with Crippen LogP contribution in [-0.4, -0.2) is 5.60 Å². The molecular weight excluding hydrogens is 196 g/mol. The molecule has 1 aliphatic rings. The standard InChI is InChI=1S/C15H20O/c1-11-9-12(2)13-7-5-6-8-14(13)16-15(3,4)10-11/h5-8,10,12H,9H2,1-4H3/b11-10-. The summed E-state index contributed by atoms with van der Waals surface area (Å²) >= 11 is 0. The van der Waals surface area contributed by atoms with E-state index in [0.717, 1.165) is 12.2 Å². The molecule has 2 rings (SSSR count). The monoisotopic (exact) mass is 216 g/mol. The van der Waals surface area contributed by atoms with Crippen molar-refractivity contribution in [2.75, 3.05) is 0 Å². The van der Waals surface area contributed by atoms with Gasteiger partial charge in [0.25, 0.3) is 0 Å². The number of ether oxygens (including phenoxy) is 1. The van der Waals surface area contributed by atoms with Gasteiger partial charge in [0, 0.05) is 0 Å². The first-order chi connectivity index (χ1) is 7.48. The third kappa shape index (κ3) is 2.29. The molecule has 0 amide bonds. The molecule has 1 aliphatic heterocycles. The Bertz CT molecular complexity index is 415. The van der Waals surface area contributed by atoms with Crippen LogP contribution in [0.2, 0.25) is 0 Å². The predicted molar refractivity (Wildman–Crippen MR) is 67.9 cm³/mol. The highest BCUT2D eigenvalue weighted by molar-refractivity contribution is 5.38. The van der Waals surface area contributed by atoms with Crippen LogP contribution >= 0.6 is 0 Å². The quantitative estimate of drug-likeness (QED) is 0.588. The number of hydrogen-bond acceptors (Lipinski definition) is 1. The summed E-state index contributed by atoms with van der Waals surface area (Å²) in [7, 11) is 0. The van der Waals surface area contributed by atoms with Crippen molar-refractivity contribution < 1.29 is 4.74 Å². The summed E-state index contributed by atoms with van der Waals surface area (Å²) in [6, 6.07) is 8.38. The minimum Gasteiger partial charge on any atom is -0.483 e. The van der Waals surface area contributed by atoms with E-state index in [-0.39, 0.29) is 5.60 Å². The smallest absolute Gasteiger partial charge is 0.124 e. The fourth-order valence-corrected chi connectivity index (χ4v) is 2.54. The Morgan fingerprint density at radius 3 is 2.69 bits per heavy atom. The first-order valence-electron chi connectivity index (χ1n) is 5.94. The van der Waals surface area contributed by atoms with E-state index in [0.29, 0.717) is 5.92 Å². The zero-order valence-corrected chi connectivity index (χ0v) is 10.6. The van der Waals surface area contributed by atoms with Crippen molar-refractivity contribution >= 4 is 0 Å². The molecule has 0 saturated carbocycles. The summed E-state index contributed by atoms with van der Waals surface area (Å²) in [6.45, 7) is 8.68. The lowest BCUT2D eigenvalue weighted by atomic mass is 9.90. The summed E-state index contributed by atoms with van der Waals surface area (Å²) < 4.78 is 6.09. The molecule has 0 N–H and O–H groups in total. The van der Waals surface area contributed by atoms with Crippen molar-refractivity contribution in [3.05, 3.63) is 41.5 Å². The zero-order chi connectivity index (χ0) is 11.8. The average molecular weight is 216 g/mol. The van der Waals surface area contributed by atoms with Crippen molar-refractivity contribution in [2.45, 2.75) is 45.6 Å². The maximum atomic E-state index is 6.09. The molecule has 0 aliphatic carbocycles. The lowest BCUT2D eigenvalue weighted by Crippen LogP contribution is -2.27. The van der Waals surface area contributed by atoms with E-state index in [1.807, 2.05) is 6.07 Å². The Hall–Kier alpha value is -1.24. The second kappa shape index (κ2) is 3.97. The van der Waals surface area contributed by atoms with E-state index >= 15 is 0 Å². The van der Waals surface area contributed by atoms with Crippen molar-refractivity contribution in [2.24, 2.45) is 0 Å². The highest BCUT2D eigenvalue weighted by atomic mass is 16.5. The minimum absolute atomic E-state index is 0.208. The average Bonchev–Trinajstić information content (AvgIpc) is 2.14. The highest BCUT2D eigenvalue weighted by Crippen LogP contribution is 2.35. The molecule has 86 valence electrons. The van der Waals surface area contributed by atoms with Crippen LogP contribution < -0.4 is 4.74 Å². The highest BCUT2D eigenvalue weighted by Gasteiger charge is 2.23. The van der Waals surface area contributed by atoms with Crippen molar-refractivity contribution in [1.82, 2.24) is 0 Å². The molecule has 16 heavy (non-hydrogen) atoms. The maximum absolute atomic E-state index is 6.09. The van der Waals surface area contributed by atoms with Gasteiger partial charge in [-0.05, 0) is 50.8 Å². The molecule has 1 unspecified atom stereocenters. The number of allylic oxidation sites excluding steroid dienone is 1. The van der Waals surface area contributed by atoms with E-state index in [2.05, 4.69) is 52.0 Å². The lowest BCUT2D eigenvalue weighted by molar-refractivity contribution is 0.156. The SMILES string of the molecule is C/C1=C/C(C)(C)Oc2ccccc2C(C)C1. The lowest BCUT2D eigenvalue weighted by Gasteiger charge is -2.30. The van der Waals surface area contributed by atoms with Crippen LogP contribution in [0.15, 0.2) is 35.9 Å². The largest absolute Gasteiger partial charge is 0.483 e. The van der Waals surface area contributed by atoms with Crippen LogP contribution in [0.5, 0.6) is 5.75 Å². The summed E-state index contributed by atoms with van der Waals surface area (Å²) in [5, 5.41) is 0. The molecule has 0 aromatic heterocycles. The van der Waals surface area contributed by atoms with Crippen LogP contribution in [0, 0.1) is 0 Å². The van der Waals surface area contributed by atoms with E-state index in [1.165, 1.54) is 11.1 Å². The molecule has 1 heteroatoms. The molecule has 1 aromatic rings. The number of rotatable bonds is 0. The van der Waals surface area contributed by atoms with E-state index < -0.39 is 0 Å². The van der Waals surface area contributed by atoms with Gasteiger partial charge < -0.3 is 4.74 Å². The third-order valence-corrected chi connectivity index (χ3v) is 3.05. The van der Waals surface area contributed by atoms with Gasteiger partial charge in [0.15, 0.2) is 0 Å². The van der Waals surface area contributed by atoms with Crippen molar-refractivity contribution in [3.63, 3.8) is 0 Å². The molecular formula is C15H20O. The molecule has 1 atom stereocenters. The Kier molecular flexibility index (Phi) is 2.79. The summed E-state index contributed by atoms with van der Waals surface area (Å²) in [4.78, 5) is 0. The fourth-order valence-electron chi connectivity index (χ4n) is 2.54. The van der Waals surface area contributed by atoms with E-state index in [4.69, 9.17) is 4.74 Å². The van der Waals surface area contributed by atoms with Crippen molar-refractivity contribution in [3.8, 4) is 5.75 Å². The molecule has 1 nitrogen and oxygen atoms in total. The second-order valence-electron chi connectivity index (χ2n) is 5.34. The Morgan fingerprint density at radius 2 is 1.94 bits per heavy atom. The molecule has 1 heterocycles. The van der Waals surface area contributed by atoms with Gasteiger partial charge >= 0.3 is 0 Å². The van der Waals surface area contributed by atoms with Gasteiger partial charge in [0.1, 0.15) is 11.4 Å². The van der Waals surface area contributed by atoms with E-state index in [9.17, 15) is 0 Å². The normalized spacial score (nSPS) is 26.8. The second-order valence-corrected chi connectivity index (χ2v) is 5.34. The topological polar surface area (TPSA) is 9.23 Å². The first-order valence-corrected chi connectivity index (χ1v) is 5.94. The number of fused-ring (bicyclic) bond motifs is 1. The van der Waals surface area contributed by atoms with Crippen LogP contribution in [0.4, 0.5) is 0 Å². The molecule has 0 fully saturated rings. The Labute approximate surface area is 98.1 Å². The maximum Gasteiger partial charge on any atom is 0.124 e. The van der Waals surface area contributed by atoms with Crippen LogP contribution in [-0.2, 0) is 0 Å². The Balaban J connectivity index is 2.46. The first kappa shape index (κ1) is 11.3. The predicted octanol–water partition coefficient (Wildman–Crippen LogP) is 4.30. The van der Waals surface area contributed by atoms with Gasteiger partial charge in [-0.15, -0.1) is 0 Å². The van der Waals surface area contributed by atoms with Gasteiger partial charge in [0.05, 0.1) is 0 Å². The fraction of sp³-hybridized carbons (Fsp3) is 0.467. The zero-order valence-electron chi connectivity index (χ0n) is 10.6. The molecule has 0 bridgehead atoms. The molecule has 0 saturated heterocycles. The van der Waals surface area contributed by atoms with Crippen LogP contribution in [0.25, 0.3) is 0 Å². The number of hydrogen-bond donors (Lipinski definition) is 0. The Morgan fingerprint density at radius 1 is 1.25 bits per heavy atom. The molecule has 0 spiro atoms. The van der Waals surface area contributed by atoms with E-state index in [1.54, 1.807) is 0 Å². The van der Waals surface area contributed by atoms with Crippen molar-refractivity contribution in [1.29, 1.82) is 0 Å². The molecule has 1 aromatic carbocycles. The summed E-state index contributed by atoms with van der Waals surface area (Å²) in [6.07, 6.45) is 3.35. The summed E-state index contributed by atoms with van der Waals surface area (Å²) in [5.41, 5.74) is 2.52. The number of benzene rings is 1. The van der Waals surface area contributed by atoms with Gasteiger partial charge in [0.2, 0.25) is 0 Å². The molecule has 0 radical (unpaired) electrons. The van der Waals surface area contributed by atoms with Gasteiger partial charge in [-0.2, -0.15) is 0 Å². The van der Waals surface area contributed by atoms with Gasteiger partial charge in [-0.1, -0.05) is 30.7 Å². The van der Waals surface area contributed by atoms with Crippen LogP contribution in [0.1, 0.15) is 45.6 Å².